The Morgan fingerprint density at radius 2 is 2.05 bits per heavy atom. The number of nitrogens with zero attached hydrogens (tertiary/aromatic N) is 5. The zero-order valence-electron chi connectivity index (χ0n) is 23.0. The first-order valence-corrected chi connectivity index (χ1v) is 13.7. The summed E-state index contributed by atoms with van der Waals surface area (Å²) in [6, 6.07) is 8.51. The van der Waals surface area contributed by atoms with Crippen molar-refractivity contribution >= 4 is 22.4 Å². The Labute approximate surface area is 236 Å². The molecule has 1 saturated heterocycles. The van der Waals surface area contributed by atoms with Crippen molar-refractivity contribution in [1.29, 1.82) is 0 Å². The van der Waals surface area contributed by atoms with E-state index in [-0.39, 0.29) is 35.3 Å². The highest BCUT2D eigenvalue weighted by Crippen LogP contribution is 2.35. The van der Waals surface area contributed by atoms with E-state index in [0.717, 1.165) is 43.2 Å². The first kappa shape index (κ1) is 26.9. The van der Waals surface area contributed by atoms with E-state index in [1.165, 1.54) is 0 Å². The van der Waals surface area contributed by atoms with Gasteiger partial charge in [-0.3, -0.25) is 9.69 Å². The van der Waals surface area contributed by atoms with E-state index in [4.69, 9.17) is 15.2 Å². The molecule has 2 N–H and O–H groups in total. The molecule has 0 amide bonds. The lowest BCUT2D eigenvalue weighted by molar-refractivity contribution is 0.157. The number of pyridine rings is 3. The Hall–Kier alpha value is -4.25. The molecule has 5 heterocycles. The second kappa shape index (κ2) is 11.0. The van der Waals surface area contributed by atoms with Crippen LogP contribution < -0.4 is 25.5 Å². The van der Waals surface area contributed by atoms with Gasteiger partial charge in [0.05, 0.1) is 35.9 Å². The van der Waals surface area contributed by atoms with Crippen LogP contribution in [0.5, 0.6) is 11.6 Å². The summed E-state index contributed by atoms with van der Waals surface area (Å²) in [5.41, 5.74) is 8.26. The standard InChI is InChI=1S/C30H32F2N6O3/c1-18-17-41-30-27(32)24(31)11-23-28(30)38(18)15-20(29(23)39)14-37(13-19-7-8-34-26(10-19)40-2)22-4-3-9-36(16-22)21-5-6-25(33)35-12-21/h5-8,10-12,15,18,22H,3-4,9,13-14,16-17H2,1-2H3,(H2,33,35)/t18?,22-/m0/s1. The number of aromatic nitrogens is 3. The van der Waals surface area contributed by atoms with E-state index in [1.54, 1.807) is 31.8 Å². The molecule has 4 aromatic rings. The molecule has 3 aromatic heterocycles. The van der Waals surface area contributed by atoms with E-state index in [2.05, 4.69) is 19.8 Å². The number of rotatable bonds is 7. The van der Waals surface area contributed by atoms with Crippen molar-refractivity contribution in [2.75, 3.05) is 37.4 Å². The number of nitrogens with two attached hydrogens (primary N) is 1. The number of piperidine rings is 1. The molecule has 6 rings (SSSR count). The summed E-state index contributed by atoms with van der Waals surface area (Å²) in [6.45, 7) is 4.57. The van der Waals surface area contributed by atoms with Crippen molar-refractivity contribution < 1.29 is 18.3 Å². The molecule has 0 bridgehead atoms. The number of hydrogen-bond donors (Lipinski definition) is 1. The number of ether oxygens (including phenoxy) is 2. The zero-order chi connectivity index (χ0) is 28.7. The van der Waals surface area contributed by atoms with E-state index in [0.29, 0.717) is 35.9 Å². The Balaban J connectivity index is 1.39. The van der Waals surface area contributed by atoms with Gasteiger partial charge in [0.1, 0.15) is 12.4 Å². The van der Waals surface area contributed by atoms with Gasteiger partial charge in [-0.05, 0) is 49.6 Å². The van der Waals surface area contributed by atoms with Gasteiger partial charge < -0.3 is 24.7 Å². The molecular weight excluding hydrogens is 530 g/mol. The Bertz CT molecular complexity index is 1640. The fourth-order valence-corrected chi connectivity index (χ4v) is 5.86. The van der Waals surface area contributed by atoms with Crippen molar-refractivity contribution in [3.8, 4) is 11.6 Å². The van der Waals surface area contributed by atoms with Crippen LogP contribution in [0.4, 0.5) is 20.3 Å². The fourth-order valence-electron chi connectivity index (χ4n) is 5.86. The van der Waals surface area contributed by atoms with Crippen LogP contribution in [-0.4, -0.2) is 52.3 Å². The number of halogens is 2. The van der Waals surface area contributed by atoms with Gasteiger partial charge in [-0.2, -0.15) is 4.39 Å². The van der Waals surface area contributed by atoms with Crippen molar-refractivity contribution in [1.82, 2.24) is 19.4 Å². The second-order valence-electron chi connectivity index (χ2n) is 10.7. The lowest BCUT2D eigenvalue weighted by Gasteiger charge is -2.40. The average molecular weight is 563 g/mol. The third-order valence-corrected chi connectivity index (χ3v) is 8.00. The maximum absolute atomic E-state index is 14.6. The highest BCUT2D eigenvalue weighted by molar-refractivity contribution is 5.86. The van der Waals surface area contributed by atoms with Gasteiger partial charge in [0.15, 0.2) is 17.0 Å². The summed E-state index contributed by atoms with van der Waals surface area (Å²) >= 11 is 0. The van der Waals surface area contributed by atoms with Crippen LogP contribution in [0.25, 0.3) is 10.9 Å². The molecular formula is C30H32F2N6O3. The number of benzene rings is 1. The maximum atomic E-state index is 14.6. The van der Waals surface area contributed by atoms with Gasteiger partial charge >= 0.3 is 0 Å². The molecule has 2 atom stereocenters. The summed E-state index contributed by atoms with van der Waals surface area (Å²) in [7, 11) is 1.58. The van der Waals surface area contributed by atoms with Crippen LogP contribution in [-0.2, 0) is 13.1 Å². The molecule has 41 heavy (non-hydrogen) atoms. The number of nitrogen functional groups attached to an aromatic ring is 1. The monoisotopic (exact) mass is 562 g/mol. The normalized spacial score (nSPS) is 18.5. The predicted octanol–water partition coefficient (Wildman–Crippen LogP) is 4.29. The summed E-state index contributed by atoms with van der Waals surface area (Å²) in [5.74, 6) is -1.39. The summed E-state index contributed by atoms with van der Waals surface area (Å²) < 4.78 is 41.9. The first-order chi connectivity index (χ1) is 19.8. The fraction of sp³-hybridized carbons (Fsp3) is 0.367. The molecule has 2 aliphatic heterocycles. The summed E-state index contributed by atoms with van der Waals surface area (Å²) in [6.07, 6.45) is 7.15. The molecule has 214 valence electrons. The van der Waals surface area contributed by atoms with Gasteiger partial charge in [0.2, 0.25) is 11.7 Å². The van der Waals surface area contributed by atoms with Crippen LogP contribution in [0.3, 0.4) is 0 Å². The molecule has 1 aromatic carbocycles. The van der Waals surface area contributed by atoms with E-state index in [9.17, 15) is 13.6 Å². The molecule has 0 spiro atoms. The van der Waals surface area contributed by atoms with E-state index in [1.807, 2.05) is 29.7 Å². The van der Waals surface area contributed by atoms with Crippen molar-refractivity contribution in [2.24, 2.45) is 0 Å². The van der Waals surface area contributed by atoms with Crippen LogP contribution >= 0.6 is 0 Å². The zero-order valence-corrected chi connectivity index (χ0v) is 23.0. The minimum absolute atomic E-state index is 0.0955. The van der Waals surface area contributed by atoms with Gasteiger partial charge in [-0.15, -0.1) is 0 Å². The highest BCUT2D eigenvalue weighted by atomic mass is 19.2. The van der Waals surface area contributed by atoms with Gasteiger partial charge in [0, 0.05) is 56.2 Å². The number of methoxy groups -OCH3 is 1. The summed E-state index contributed by atoms with van der Waals surface area (Å²) in [5, 5.41) is 0.117. The third kappa shape index (κ3) is 5.17. The van der Waals surface area contributed by atoms with Crippen LogP contribution in [0, 0.1) is 11.6 Å². The predicted molar refractivity (Wildman–Crippen MR) is 152 cm³/mol. The van der Waals surface area contributed by atoms with Gasteiger partial charge in [-0.1, -0.05) is 0 Å². The SMILES string of the molecule is COc1cc(CN(Cc2cn3c4c(c(F)c(F)cc4c2=O)OCC3C)[C@H]2CCCN(c3ccc(N)nc3)C2)ccn1. The van der Waals surface area contributed by atoms with Crippen molar-refractivity contribution in [3.05, 3.63) is 81.9 Å². The van der Waals surface area contributed by atoms with E-state index < -0.39 is 11.6 Å². The number of anilines is 2. The van der Waals surface area contributed by atoms with Crippen molar-refractivity contribution in [3.63, 3.8) is 0 Å². The number of hydrogen-bond acceptors (Lipinski definition) is 8. The molecule has 0 radical (unpaired) electrons. The smallest absolute Gasteiger partial charge is 0.213 e. The lowest BCUT2D eigenvalue weighted by atomic mass is 10.0. The summed E-state index contributed by atoms with van der Waals surface area (Å²) in [4.78, 5) is 26.8. The van der Waals surface area contributed by atoms with Crippen LogP contribution in [0.1, 0.15) is 36.9 Å². The second-order valence-corrected chi connectivity index (χ2v) is 10.7. The molecule has 1 unspecified atom stereocenters. The largest absolute Gasteiger partial charge is 0.486 e. The maximum Gasteiger partial charge on any atom is 0.213 e. The van der Waals surface area contributed by atoms with Gasteiger partial charge in [0.25, 0.3) is 0 Å². The quantitative estimate of drug-likeness (QED) is 0.356. The van der Waals surface area contributed by atoms with Crippen LogP contribution in [0.2, 0.25) is 0 Å². The average Bonchev–Trinajstić information content (AvgIpc) is 2.99. The third-order valence-electron chi connectivity index (χ3n) is 8.00. The lowest BCUT2D eigenvalue weighted by Crippen LogP contribution is -2.48. The van der Waals surface area contributed by atoms with Gasteiger partial charge in [-0.25, -0.2) is 14.4 Å². The van der Waals surface area contributed by atoms with Crippen molar-refractivity contribution in [2.45, 2.75) is 44.9 Å². The molecule has 9 nitrogen and oxygen atoms in total. The highest BCUT2D eigenvalue weighted by Gasteiger charge is 2.30. The Morgan fingerprint density at radius 1 is 1.20 bits per heavy atom. The minimum Gasteiger partial charge on any atom is -0.486 e. The van der Waals surface area contributed by atoms with E-state index >= 15 is 0 Å². The van der Waals surface area contributed by atoms with Crippen LogP contribution in [0.15, 0.2) is 53.7 Å². The molecule has 2 aliphatic rings. The minimum atomic E-state index is -1.09. The molecule has 1 fully saturated rings. The first-order valence-electron chi connectivity index (χ1n) is 13.7. The molecule has 0 aliphatic carbocycles. The topological polar surface area (TPSA) is 98.7 Å². The molecule has 0 saturated carbocycles. The Morgan fingerprint density at radius 3 is 2.83 bits per heavy atom. The molecule has 11 heteroatoms. The Kier molecular flexibility index (Phi) is 7.21.